The zero-order valence-corrected chi connectivity index (χ0v) is 24.1. The molecular formula is C30H37N3O8. The van der Waals surface area contributed by atoms with Gasteiger partial charge in [-0.25, -0.2) is 9.59 Å². The van der Waals surface area contributed by atoms with Crippen LogP contribution in [0.25, 0.3) is 0 Å². The highest BCUT2D eigenvalue weighted by atomic mass is 16.6. The van der Waals surface area contributed by atoms with E-state index in [9.17, 15) is 19.2 Å². The first-order valence-electron chi connectivity index (χ1n) is 13.6. The van der Waals surface area contributed by atoms with Gasteiger partial charge in [0.2, 0.25) is 11.8 Å². The van der Waals surface area contributed by atoms with Crippen LogP contribution in [-0.2, 0) is 36.8 Å². The minimum atomic E-state index is -0.819. The Morgan fingerprint density at radius 3 is 2.29 bits per heavy atom. The summed E-state index contributed by atoms with van der Waals surface area (Å²) >= 11 is 0. The van der Waals surface area contributed by atoms with Crippen molar-refractivity contribution in [2.45, 2.75) is 64.3 Å². The number of carbonyl (C=O) groups excluding carboxylic acids is 4. The Morgan fingerprint density at radius 2 is 1.63 bits per heavy atom. The summed E-state index contributed by atoms with van der Waals surface area (Å²) in [6.07, 6.45) is 0.827. The summed E-state index contributed by atoms with van der Waals surface area (Å²) in [4.78, 5) is 55.2. The number of methoxy groups -OCH3 is 2. The zero-order valence-electron chi connectivity index (χ0n) is 24.1. The van der Waals surface area contributed by atoms with Crippen LogP contribution in [0.4, 0.5) is 10.5 Å². The van der Waals surface area contributed by atoms with Crippen molar-refractivity contribution in [2.24, 2.45) is 0 Å². The highest BCUT2D eigenvalue weighted by Crippen LogP contribution is 2.31. The number of nitrogens with zero attached hydrogens (tertiary/aromatic N) is 2. The Morgan fingerprint density at radius 1 is 0.927 bits per heavy atom. The van der Waals surface area contributed by atoms with Crippen LogP contribution in [0, 0.1) is 0 Å². The highest BCUT2D eigenvalue weighted by Gasteiger charge is 2.43. The van der Waals surface area contributed by atoms with Crippen molar-refractivity contribution in [3.8, 4) is 11.5 Å². The van der Waals surface area contributed by atoms with E-state index in [0.717, 1.165) is 11.1 Å². The lowest BCUT2D eigenvalue weighted by atomic mass is 9.92. The number of ether oxygens (including phenoxy) is 4. The van der Waals surface area contributed by atoms with Gasteiger partial charge in [-0.05, 0) is 81.1 Å². The topological polar surface area (TPSA) is 124 Å². The second-order valence-corrected chi connectivity index (χ2v) is 11.0. The molecule has 1 fully saturated rings. The molecule has 1 N–H and O–H groups in total. The Balaban J connectivity index is 1.61. The van der Waals surface area contributed by atoms with Crippen molar-refractivity contribution in [1.29, 1.82) is 0 Å². The lowest BCUT2D eigenvalue weighted by Gasteiger charge is -2.39. The van der Waals surface area contributed by atoms with E-state index >= 15 is 0 Å². The van der Waals surface area contributed by atoms with Crippen LogP contribution < -0.4 is 14.8 Å². The quantitative estimate of drug-likeness (QED) is 0.504. The van der Waals surface area contributed by atoms with Gasteiger partial charge in [0.25, 0.3) is 0 Å². The van der Waals surface area contributed by atoms with E-state index in [0.29, 0.717) is 36.6 Å². The van der Waals surface area contributed by atoms with E-state index in [-0.39, 0.29) is 31.4 Å². The molecule has 1 saturated heterocycles. The second-order valence-electron chi connectivity index (χ2n) is 11.0. The molecule has 2 aromatic carbocycles. The van der Waals surface area contributed by atoms with Crippen LogP contribution in [0.3, 0.4) is 0 Å². The Kier molecular flexibility index (Phi) is 9.05. The van der Waals surface area contributed by atoms with Crippen molar-refractivity contribution in [3.05, 3.63) is 53.6 Å². The van der Waals surface area contributed by atoms with Crippen LogP contribution in [0.5, 0.6) is 11.5 Å². The number of fused-ring (bicyclic) bond motifs is 1. The van der Waals surface area contributed by atoms with Gasteiger partial charge in [-0.3, -0.25) is 14.5 Å². The molecule has 0 unspecified atom stereocenters. The summed E-state index contributed by atoms with van der Waals surface area (Å²) in [5.74, 6) is -0.0888. The van der Waals surface area contributed by atoms with E-state index in [2.05, 4.69) is 10.1 Å². The van der Waals surface area contributed by atoms with Gasteiger partial charge >= 0.3 is 12.1 Å². The molecule has 0 saturated carbocycles. The molecule has 0 aliphatic carbocycles. The first-order chi connectivity index (χ1) is 19.5. The molecule has 2 aliphatic heterocycles. The summed E-state index contributed by atoms with van der Waals surface area (Å²) in [5, 5.41) is 2.92. The molecule has 4 rings (SSSR count). The Bertz CT molecular complexity index is 1290. The lowest BCUT2D eigenvalue weighted by molar-refractivity contribution is -0.143. The third-order valence-corrected chi connectivity index (χ3v) is 7.00. The summed E-state index contributed by atoms with van der Waals surface area (Å²) in [5.41, 5.74) is 1.52. The maximum atomic E-state index is 14.1. The molecule has 0 spiro atoms. The summed E-state index contributed by atoms with van der Waals surface area (Å²) in [6, 6.07) is 10.7. The maximum Gasteiger partial charge on any atom is 0.410 e. The molecule has 2 aliphatic rings. The zero-order chi connectivity index (χ0) is 29.7. The fraction of sp³-hybridized carbons (Fsp3) is 0.467. The lowest BCUT2D eigenvalue weighted by Crippen LogP contribution is -2.56. The fourth-order valence-electron chi connectivity index (χ4n) is 4.97. The number of esters is 1. The van der Waals surface area contributed by atoms with Gasteiger partial charge in [0, 0.05) is 25.2 Å². The molecule has 0 bridgehead atoms. The molecule has 11 nitrogen and oxygen atoms in total. The minimum absolute atomic E-state index is 0.128. The number of rotatable bonds is 7. The van der Waals surface area contributed by atoms with Gasteiger partial charge in [-0.15, -0.1) is 0 Å². The van der Waals surface area contributed by atoms with Crippen molar-refractivity contribution in [2.75, 3.05) is 32.7 Å². The average molecular weight is 568 g/mol. The van der Waals surface area contributed by atoms with E-state index in [4.69, 9.17) is 14.2 Å². The monoisotopic (exact) mass is 567 g/mol. The van der Waals surface area contributed by atoms with E-state index in [1.165, 1.54) is 16.9 Å². The summed E-state index contributed by atoms with van der Waals surface area (Å²) in [6.45, 7) is 5.60. The normalized spacial score (nSPS) is 18.3. The standard InChI is InChI=1S/C30H37N3O8/c1-30(2,3)41-29(37)32-14-6-7-24(32)28(36)33-17-20-15-23(40-18-26(34)39-5)11-8-19(20)16-25(33)27(35)31-21-9-12-22(38-4)13-10-21/h8-13,15,24-25H,6-7,14,16-18H2,1-5H3,(H,31,35)/t24-,25-/m0/s1. The van der Waals surface area contributed by atoms with Gasteiger partial charge in [0.1, 0.15) is 29.2 Å². The van der Waals surface area contributed by atoms with Crippen LogP contribution in [-0.4, -0.2) is 78.7 Å². The van der Waals surface area contributed by atoms with Crippen LogP contribution in [0.15, 0.2) is 42.5 Å². The molecule has 2 heterocycles. The molecule has 2 aromatic rings. The Hall–Kier alpha value is -4.28. The average Bonchev–Trinajstić information content (AvgIpc) is 3.44. The first kappa shape index (κ1) is 29.7. The molecule has 11 heteroatoms. The van der Waals surface area contributed by atoms with Gasteiger partial charge in [0.05, 0.1) is 14.2 Å². The number of anilines is 1. The highest BCUT2D eigenvalue weighted by molar-refractivity contribution is 5.99. The fourth-order valence-corrected chi connectivity index (χ4v) is 4.97. The largest absolute Gasteiger partial charge is 0.497 e. The van der Waals surface area contributed by atoms with Gasteiger partial charge in [0.15, 0.2) is 6.61 Å². The third kappa shape index (κ3) is 7.27. The number of likely N-dealkylation sites (tertiary alicyclic amines) is 1. The van der Waals surface area contributed by atoms with Gasteiger partial charge < -0.3 is 29.2 Å². The van der Waals surface area contributed by atoms with Crippen LogP contribution >= 0.6 is 0 Å². The van der Waals surface area contributed by atoms with Gasteiger partial charge in [-0.2, -0.15) is 0 Å². The number of amides is 3. The SMILES string of the molecule is COC(=O)COc1ccc2c(c1)CN(C(=O)[C@@H]1CCCN1C(=O)OC(C)(C)C)[C@H](C(=O)Nc1ccc(OC)cc1)C2. The van der Waals surface area contributed by atoms with Gasteiger partial charge in [-0.1, -0.05) is 6.07 Å². The van der Waals surface area contributed by atoms with Crippen molar-refractivity contribution in [1.82, 2.24) is 9.80 Å². The minimum Gasteiger partial charge on any atom is -0.497 e. The molecular weight excluding hydrogens is 530 g/mol. The van der Waals surface area contributed by atoms with Crippen LogP contribution in [0.2, 0.25) is 0 Å². The molecule has 41 heavy (non-hydrogen) atoms. The second kappa shape index (κ2) is 12.5. The number of carbonyl (C=O) groups is 4. The molecule has 0 aromatic heterocycles. The van der Waals surface area contributed by atoms with Crippen molar-refractivity contribution < 1.29 is 38.1 Å². The predicted octanol–water partition coefficient (Wildman–Crippen LogP) is 3.54. The number of hydrogen-bond donors (Lipinski definition) is 1. The number of nitrogens with one attached hydrogen (secondary N) is 1. The molecule has 220 valence electrons. The van der Waals surface area contributed by atoms with Crippen molar-refractivity contribution >= 4 is 29.6 Å². The van der Waals surface area contributed by atoms with E-state index < -0.39 is 29.7 Å². The Labute approximate surface area is 239 Å². The maximum absolute atomic E-state index is 14.1. The third-order valence-electron chi connectivity index (χ3n) is 7.00. The first-order valence-corrected chi connectivity index (χ1v) is 13.6. The van der Waals surface area contributed by atoms with Crippen LogP contribution in [0.1, 0.15) is 44.7 Å². The molecule has 2 atom stereocenters. The van der Waals surface area contributed by atoms with E-state index in [1.54, 1.807) is 64.3 Å². The number of hydrogen-bond acceptors (Lipinski definition) is 8. The molecule has 3 amide bonds. The summed E-state index contributed by atoms with van der Waals surface area (Å²) < 4.78 is 20.9. The smallest absolute Gasteiger partial charge is 0.410 e. The van der Waals surface area contributed by atoms with E-state index in [1.807, 2.05) is 6.07 Å². The number of benzene rings is 2. The molecule has 0 radical (unpaired) electrons. The summed E-state index contributed by atoms with van der Waals surface area (Å²) in [7, 11) is 2.84. The van der Waals surface area contributed by atoms with Crippen molar-refractivity contribution in [3.63, 3.8) is 0 Å². The predicted molar refractivity (Wildman–Crippen MR) is 150 cm³/mol.